The largest absolute Gasteiger partial charge is 0.464 e. The Hall–Kier alpha value is -2.89. The summed E-state index contributed by atoms with van der Waals surface area (Å²) in [6.07, 6.45) is 2.67. The summed E-state index contributed by atoms with van der Waals surface area (Å²) >= 11 is 12.2. The third-order valence-corrected chi connectivity index (χ3v) is 7.35. The van der Waals surface area contributed by atoms with E-state index in [1.807, 2.05) is 4.90 Å². The number of nitrogen functional groups attached to an aromatic ring is 2. The molecule has 0 saturated carbocycles. The zero-order valence-electron chi connectivity index (χ0n) is 20.3. The molecule has 0 aliphatic carbocycles. The van der Waals surface area contributed by atoms with Gasteiger partial charge in [0.15, 0.2) is 22.5 Å². The monoisotopic (exact) mass is 536 g/mol. The number of esters is 1. The summed E-state index contributed by atoms with van der Waals surface area (Å²) in [4.78, 5) is 43.7. The molecular weight excluding hydrogens is 507 g/mol. The van der Waals surface area contributed by atoms with Gasteiger partial charge in [0.05, 0.1) is 12.7 Å². The highest BCUT2D eigenvalue weighted by atomic mass is 35.5. The van der Waals surface area contributed by atoms with Gasteiger partial charge in [-0.3, -0.25) is 9.69 Å². The van der Waals surface area contributed by atoms with Crippen molar-refractivity contribution in [1.82, 2.24) is 24.8 Å². The van der Waals surface area contributed by atoms with Crippen LogP contribution in [0.25, 0.3) is 0 Å². The van der Waals surface area contributed by atoms with Crippen LogP contribution in [-0.2, 0) is 4.74 Å². The zero-order valence-corrected chi connectivity index (χ0v) is 21.8. The Bertz CT molecular complexity index is 1140. The van der Waals surface area contributed by atoms with Crippen molar-refractivity contribution in [2.24, 2.45) is 0 Å². The molecule has 1 atom stereocenters. The molecule has 2 fully saturated rings. The minimum atomic E-state index is -0.676. The lowest BCUT2D eigenvalue weighted by molar-refractivity contribution is 0.0490. The average Bonchev–Trinajstić information content (AvgIpc) is 2.88. The van der Waals surface area contributed by atoms with Crippen molar-refractivity contribution >= 4 is 52.5 Å². The molecule has 2 aliphatic heterocycles. The van der Waals surface area contributed by atoms with Gasteiger partial charge in [-0.2, -0.15) is 0 Å². The minimum absolute atomic E-state index is 0.00899. The third kappa shape index (κ3) is 5.28. The van der Waals surface area contributed by atoms with E-state index in [-0.39, 0.29) is 39.6 Å². The maximum atomic E-state index is 13.0. The number of aromatic nitrogens is 3. The molecule has 36 heavy (non-hydrogen) atoms. The molecule has 11 nitrogen and oxygen atoms in total. The van der Waals surface area contributed by atoms with E-state index in [4.69, 9.17) is 39.4 Å². The maximum absolute atomic E-state index is 13.0. The van der Waals surface area contributed by atoms with E-state index in [0.717, 1.165) is 25.8 Å². The topological polar surface area (TPSA) is 144 Å². The van der Waals surface area contributed by atoms with Crippen LogP contribution in [0.15, 0.2) is 12.1 Å². The van der Waals surface area contributed by atoms with Crippen LogP contribution < -0.4 is 16.4 Å². The van der Waals surface area contributed by atoms with Crippen LogP contribution in [0.5, 0.6) is 0 Å². The Labute approximate surface area is 219 Å². The van der Waals surface area contributed by atoms with Crippen molar-refractivity contribution in [3.63, 3.8) is 0 Å². The molecule has 4 N–H and O–H groups in total. The molecule has 4 rings (SSSR count). The number of nitrogens with zero attached hydrogens (tertiary/aromatic N) is 6. The van der Waals surface area contributed by atoms with Gasteiger partial charge in [0.2, 0.25) is 0 Å². The van der Waals surface area contributed by atoms with Gasteiger partial charge in [-0.05, 0) is 31.4 Å². The summed E-state index contributed by atoms with van der Waals surface area (Å²) in [5.41, 5.74) is 12.2. The van der Waals surface area contributed by atoms with Gasteiger partial charge in [-0.25, -0.2) is 19.7 Å². The van der Waals surface area contributed by atoms with Crippen LogP contribution in [-0.4, -0.2) is 88.5 Å². The van der Waals surface area contributed by atoms with Gasteiger partial charge in [-0.15, -0.1) is 0 Å². The van der Waals surface area contributed by atoms with Crippen LogP contribution in [0.4, 0.5) is 17.5 Å². The van der Waals surface area contributed by atoms with Gasteiger partial charge < -0.3 is 26.0 Å². The van der Waals surface area contributed by atoms with Crippen LogP contribution >= 0.6 is 23.2 Å². The molecule has 0 bridgehead atoms. The first-order chi connectivity index (χ1) is 17.2. The number of anilines is 3. The fourth-order valence-corrected chi connectivity index (χ4v) is 5.37. The lowest BCUT2D eigenvalue weighted by Crippen LogP contribution is -2.58. The second-order valence-corrected chi connectivity index (χ2v) is 9.64. The molecule has 2 aromatic heterocycles. The van der Waals surface area contributed by atoms with E-state index < -0.39 is 5.97 Å². The Balaban J connectivity index is 1.40. The Morgan fingerprint density at radius 1 is 1.06 bits per heavy atom. The highest BCUT2D eigenvalue weighted by Gasteiger charge is 2.35. The zero-order chi connectivity index (χ0) is 26.0. The highest BCUT2D eigenvalue weighted by molar-refractivity contribution is 6.32. The van der Waals surface area contributed by atoms with E-state index in [9.17, 15) is 9.59 Å². The van der Waals surface area contributed by atoms with Crippen LogP contribution in [0.2, 0.25) is 10.3 Å². The summed E-state index contributed by atoms with van der Waals surface area (Å²) in [7, 11) is 1.25. The molecular formula is C23H30Cl2N8O3. The van der Waals surface area contributed by atoms with E-state index in [1.165, 1.54) is 7.11 Å². The lowest BCUT2D eigenvalue weighted by atomic mass is 9.97. The second-order valence-electron chi connectivity index (χ2n) is 8.90. The maximum Gasteiger partial charge on any atom is 0.360 e. The number of pyridine rings is 1. The predicted octanol–water partition coefficient (Wildman–Crippen LogP) is 2.33. The van der Waals surface area contributed by atoms with Crippen molar-refractivity contribution in [2.45, 2.75) is 38.3 Å². The number of hydrogen-bond acceptors (Lipinski definition) is 10. The van der Waals surface area contributed by atoms with E-state index in [2.05, 4.69) is 31.7 Å². The third-order valence-electron chi connectivity index (χ3n) is 6.88. The average molecular weight is 537 g/mol. The molecule has 0 unspecified atom stereocenters. The van der Waals surface area contributed by atoms with Gasteiger partial charge >= 0.3 is 5.97 Å². The fraction of sp³-hybridized carbons (Fsp3) is 0.522. The molecule has 2 saturated heterocycles. The molecule has 4 heterocycles. The molecule has 0 radical (unpaired) electrons. The molecule has 194 valence electrons. The summed E-state index contributed by atoms with van der Waals surface area (Å²) in [5.74, 6) is -0.184. The number of hydrogen-bond donors (Lipinski definition) is 2. The number of carbonyl (C=O) groups is 2. The molecule has 2 aromatic rings. The fourth-order valence-electron chi connectivity index (χ4n) is 4.97. The molecule has 0 aromatic carbocycles. The molecule has 13 heteroatoms. The number of ether oxygens (including phenoxy) is 1. The number of halogens is 2. The number of piperazine rings is 1. The van der Waals surface area contributed by atoms with Crippen molar-refractivity contribution < 1.29 is 14.3 Å². The smallest absolute Gasteiger partial charge is 0.360 e. The van der Waals surface area contributed by atoms with Gasteiger partial charge in [0.1, 0.15) is 11.0 Å². The quantitative estimate of drug-likeness (QED) is 0.431. The number of nitrogens with two attached hydrogens (primary N) is 2. The lowest BCUT2D eigenvalue weighted by Gasteiger charge is -2.47. The van der Waals surface area contributed by atoms with Crippen molar-refractivity contribution in [3.8, 4) is 0 Å². The van der Waals surface area contributed by atoms with Crippen LogP contribution in [0, 0.1) is 0 Å². The number of carbonyl (C=O) groups excluding carboxylic acids is 2. The first kappa shape index (κ1) is 26.2. The Morgan fingerprint density at radius 3 is 2.42 bits per heavy atom. The minimum Gasteiger partial charge on any atom is -0.464 e. The highest BCUT2D eigenvalue weighted by Crippen LogP contribution is 2.30. The van der Waals surface area contributed by atoms with Crippen molar-refractivity contribution in [2.75, 3.05) is 56.2 Å². The Morgan fingerprint density at radius 2 is 1.78 bits per heavy atom. The number of amides is 1. The van der Waals surface area contributed by atoms with E-state index >= 15 is 0 Å². The van der Waals surface area contributed by atoms with Gasteiger partial charge in [0, 0.05) is 44.8 Å². The SMILES string of the molecule is CC[C@H]1CN(c2nc(N)c(C(=O)OC)nc2Cl)CCN1C1CCN(C(=O)c2ccc(Cl)nc2N)CC1. The molecule has 2 aliphatic rings. The van der Waals surface area contributed by atoms with Crippen molar-refractivity contribution in [3.05, 3.63) is 33.7 Å². The first-order valence-corrected chi connectivity index (χ1v) is 12.6. The van der Waals surface area contributed by atoms with Gasteiger partial charge in [-0.1, -0.05) is 30.1 Å². The number of rotatable bonds is 5. The van der Waals surface area contributed by atoms with Crippen molar-refractivity contribution in [1.29, 1.82) is 0 Å². The van der Waals surface area contributed by atoms with Gasteiger partial charge in [0.25, 0.3) is 5.91 Å². The standard InChI is InChI=1S/C23H30Cl2N8O3/c1-3-13-12-32(21-18(25)29-17(20(27)30-21)23(35)36-2)10-11-33(13)14-6-8-31(9-7-14)22(34)15-4-5-16(24)28-19(15)26/h4-5,13-14H,3,6-12H2,1-2H3,(H2,26,28)(H2,27,30)/t13-/m0/s1. The van der Waals surface area contributed by atoms with Crippen LogP contribution in [0.3, 0.4) is 0 Å². The van der Waals surface area contributed by atoms with Crippen LogP contribution in [0.1, 0.15) is 47.0 Å². The summed E-state index contributed by atoms with van der Waals surface area (Å²) in [6.45, 7) is 5.64. The Kier molecular flexibility index (Phi) is 8.01. The summed E-state index contributed by atoms with van der Waals surface area (Å²) < 4.78 is 4.69. The summed E-state index contributed by atoms with van der Waals surface area (Å²) in [5, 5.41) is 0.387. The molecule has 0 spiro atoms. The number of likely N-dealkylation sites (tertiary alicyclic amines) is 1. The van der Waals surface area contributed by atoms with E-state index in [1.54, 1.807) is 12.1 Å². The molecule has 1 amide bonds. The normalized spacial score (nSPS) is 19.4. The predicted molar refractivity (Wildman–Crippen MR) is 138 cm³/mol. The first-order valence-electron chi connectivity index (χ1n) is 11.9. The number of methoxy groups -OCH3 is 1. The second kappa shape index (κ2) is 11.0. The van der Waals surface area contributed by atoms with E-state index in [0.29, 0.717) is 43.6 Å². The number of piperidine rings is 1. The summed E-state index contributed by atoms with van der Waals surface area (Å²) in [6, 6.07) is 3.83.